The maximum absolute atomic E-state index is 12.6. The van der Waals surface area contributed by atoms with Crippen LogP contribution in [0.2, 0.25) is 0 Å². The van der Waals surface area contributed by atoms with Crippen LogP contribution < -0.4 is 15.0 Å². The lowest BCUT2D eigenvalue weighted by Crippen LogP contribution is -2.09. The minimum atomic E-state index is -0.654. The molecule has 3 aromatic rings. The summed E-state index contributed by atoms with van der Waals surface area (Å²) in [6.45, 7) is 3.79. The number of nitro groups is 1. The number of hydrogen-bond donors (Lipinski definition) is 1. The molecule has 144 valence electrons. The van der Waals surface area contributed by atoms with Crippen molar-refractivity contribution in [2.45, 2.75) is 0 Å². The summed E-state index contributed by atoms with van der Waals surface area (Å²) in [6, 6.07) is 9.93. The van der Waals surface area contributed by atoms with Gasteiger partial charge < -0.3 is 13.9 Å². The van der Waals surface area contributed by atoms with Crippen LogP contribution in [0.25, 0.3) is 16.7 Å². The van der Waals surface area contributed by atoms with Crippen LogP contribution in [-0.4, -0.2) is 25.1 Å². The summed E-state index contributed by atoms with van der Waals surface area (Å²) in [6.07, 6.45) is 0. The van der Waals surface area contributed by atoms with Crippen LogP contribution in [0, 0.1) is 10.1 Å². The molecule has 0 aliphatic carbocycles. The second-order valence-corrected chi connectivity index (χ2v) is 5.59. The molecule has 0 aliphatic rings. The first kappa shape index (κ1) is 18.9. The van der Waals surface area contributed by atoms with E-state index in [1.165, 1.54) is 38.5 Å². The van der Waals surface area contributed by atoms with E-state index in [1.807, 2.05) is 0 Å². The quantitative estimate of drug-likeness (QED) is 0.284. The average molecular weight is 384 g/mol. The summed E-state index contributed by atoms with van der Waals surface area (Å²) in [5.41, 5.74) is 3.39. The lowest BCUT2D eigenvalue weighted by atomic mass is 10.1. The van der Waals surface area contributed by atoms with Crippen LogP contribution in [0.15, 0.2) is 53.5 Å². The number of methoxy groups -OCH3 is 1. The molecule has 0 saturated heterocycles. The number of ether oxygens (including phenoxy) is 2. The van der Waals surface area contributed by atoms with E-state index in [2.05, 4.69) is 12.1 Å². The van der Waals surface area contributed by atoms with E-state index in [4.69, 9.17) is 18.7 Å². The highest BCUT2D eigenvalue weighted by Crippen LogP contribution is 2.33. The number of nitrogens with zero attached hydrogens (tertiary/aromatic N) is 1. The Labute approximate surface area is 159 Å². The molecule has 0 atom stereocenters. The number of hydrogen-bond acceptors (Lipinski definition) is 8. The Bertz CT molecular complexity index is 1050. The standard InChI is InChI=1S/C19H16N2O7/c1-11(20-26-3)17-10-15-14(8-9-16(25-2)18(15)28-17)19(22)27-13-6-4-12(5-7-13)21(23)24/h4-10,20H,1H2,2-3H3. The highest BCUT2D eigenvalue weighted by Gasteiger charge is 2.20. The molecule has 0 fully saturated rings. The number of benzene rings is 2. The van der Waals surface area contributed by atoms with Gasteiger partial charge in [-0.25, -0.2) is 4.79 Å². The minimum Gasteiger partial charge on any atom is -0.493 e. The number of non-ortho nitro benzene ring substituents is 1. The zero-order valence-corrected chi connectivity index (χ0v) is 15.1. The van der Waals surface area contributed by atoms with E-state index in [0.29, 0.717) is 28.2 Å². The summed E-state index contributed by atoms with van der Waals surface area (Å²) in [4.78, 5) is 27.6. The van der Waals surface area contributed by atoms with Gasteiger partial charge in [-0.15, -0.1) is 0 Å². The van der Waals surface area contributed by atoms with E-state index in [-0.39, 0.29) is 17.0 Å². The number of carbonyl (C=O) groups excluding carboxylic acids is 1. The third-order valence-electron chi connectivity index (χ3n) is 3.87. The van der Waals surface area contributed by atoms with Crippen LogP contribution in [0.1, 0.15) is 16.1 Å². The maximum Gasteiger partial charge on any atom is 0.344 e. The average Bonchev–Trinajstić information content (AvgIpc) is 3.13. The van der Waals surface area contributed by atoms with Gasteiger partial charge in [0.15, 0.2) is 17.1 Å². The minimum absolute atomic E-state index is 0.102. The van der Waals surface area contributed by atoms with Gasteiger partial charge in [0.1, 0.15) is 5.75 Å². The molecule has 1 heterocycles. The van der Waals surface area contributed by atoms with Gasteiger partial charge in [-0.05, 0) is 30.3 Å². The molecular formula is C19H16N2O7. The third kappa shape index (κ3) is 3.64. The van der Waals surface area contributed by atoms with Gasteiger partial charge in [0.2, 0.25) is 0 Å². The molecule has 0 spiro atoms. The van der Waals surface area contributed by atoms with Crippen molar-refractivity contribution in [2.24, 2.45) is 0 Å². The fraction of sp³-hybridized carbons (Fsp3) is 0.105. The third-order valence-corrected chi connectivity index (χ3v) is 3.87. The fourth-order valence-electron chi connectivity index (χ4n) is 2.56. The number of fused-ring (bicyclic) bond motifs is 1. The number of esters is 1. The van der Waals surface area contributed by atoms with E-state index < -0.39 is 10.9 Å². The molecule has 1 N–H and O–H groups in total. The van der Waals surface area contributed by atoms with Crippen molar-refractivity contribution in [3.05, 3.63) is 70.5 Å². The van der Waals surface area contributed by atoms with E-state index in [1.54, 1.807) is 18.2 Å². The summed E-state index contributed by atoms with van der Waals surface area (Å²) in [5.74, 6) is 0.303. The summed E-state index contributed by atoms with van der Waals surface area (Å²) in [5, 5.41) is 11.2. The van der Waals surface area contributed by atoms with Crippen molar-refractivity contribution >= 4 is 28.3 Å². The van der Waals surface area contributed by atoms with Gasteiger partial charge >= 0.3 is 5.97 Å². The van der Waals surface area contributed by atoms with Crippen molar-refractivity contribution in [3.63, 3.8) is 0 Å². The van der Waals surface area contributed by atoms with E-state index in [9.17, 15) is 14.9 Å². The Morgan fingerprint density at radius 3 is 2.50 bits per heavy atom. The van der Waals surface area contributed by atoms with Gasteiger partial charge in [-0.2, -0.15) is 0 Å². The number of nitrogens with one attached hydrogen (secondary N) is 1. The summed E-state index contributed by atoms with van der Waals surface area (Å²) in [7, 11) is 2.91. The van der Waals surface area contributed by atoms with Gasteiger partial charge in [0.25, 0.3) is 5.69 Å². The van der Waals surface area contributed by atoms with Crippen molar-refractivity contribution in [1.29, 1.82) is 0 Å². The molecule has 9 nitrogen and oxygen atoms in total. The first-order valence-electron chi connectivity index (χ1n) is 8.00. The van der Waals surface area contributed by atoms with E-state index >= 15 is 0 Å². The second-order valence-electron chi connectivity index (χ2n) is 5.59. The molecule has 28 heavy (non-hydrogen) atoms. The topological polar surface area (TPSA) is 113 Å². The number of rotatable bonds is 7. The van der Waals surface area contributed by atoms with Crippen LogP contribution >= 0.6 is 0 Å². The molecule has 0 amide bonds. The second kappa shape index (κ2) is 7.80. The fourth-order valence-corrected chi connectivity index (χ4v) is 2.56. The monoisotopic (exact) mass is 384 g/mol. The largest absolute Gasteiger partial charge is 0.493 e. The molecule has 1 aromatic heterocycles. The van der Waals surface area contributed by atoms with Crippen LogP contribution in [-0.2, 0) is 4.84 Å². The van der Waals surface area contributed by atoms with Gasteiger partial charge in [0, 0.05) is 17.5 Å². The number of furan rings is 1. The van der Waals surface area contributed by atoms with Gasteiger partial charge in [0.05, 0.1) is 30.4 Å². The molecule has 9 heteroatoms. The lowest BCUT2D eigenvalue weighted by Gasteiger charge is -2.07. The number of nitro benzene ring substituents is 1. The molecule has 0 radical (unpaired) electrons. The Balaban J connectivity index is 1.96. The highest BCUT2D eigenvalue weighted by molar-refractivity contribution is 6.06. The molecule has 0 unspecified atom stereocenters. The van der Waals surface area contributed by atoms with Crippen LogP contribution in [0.4, 0.5) is 5.69 Å². The number of carbonyl (C=O) groups is 1. The number of hydroxylamine groups is 1. The molecule has 2 aromatic carbocycles. The zero-order chi connectivity index (χ0) is 20.3. The Hall–Kier alpha value is -3.85. The normalized spacial score (nSPS) is 10.5. The van der Waals surface area contributed by atoms with Gasteiger partial charge in [-0.3, -0.25) is 20.4 Å². The smallest absolute Gasteiger partial charge is 0.344 e. The van der Waals surface area contributed by atoms with Crippen molar-refractivity contribution in [3.8, 4) is 11.5 Å². The molecule has 0 aliphatic heterocycles. The molecule has 3 rings (SSSR count). The van der Waals surface area contributed by atoms with Crippen LogP contribution in [0.5, 0.6) is 11.5 Å². The predicted molar refractivity (Wildman–Crippen MR) is 100.0 cm³/mol. The Morgan fingerprint density at radius 1 is 1.18 bits per heavy atom. The van der Waals surface area contributed by atoms with E-state index in [0.717, 1.165) is 0 Å². The maximum atomic E-state index is 12.6. The molecule has 0 bridgehead atoms. The van der Waals surface area contributed by atoms with Crippen LogP contribution in [0.3, 0.4) is 0 Å². The van der Waals surface area contributed by atoms with Crippen molar-refractivity contribution in [2.75, 3.05) is 14.2 Å². The predicted octanol–water partition coefficient (Wildman–Crippen LogP) is 3.69. The summed E-state index contributed by atoms with van der Waals surface area (Å²) >= 11 is 0. The zero-order valence-electron chi connectivity index (χ0n) is 15.1. The first-order chi connectivity index (χ1) is 13.4. The Morgan fingerprint density at radius 2 is 1.89 bits per heavy atom. The van der Waals surface area contributed by atoms with Crippen molar-refractivity contribution < 1.29 is 28.4 Å². The SMILES string of the molecule is C=C(NOC)c1cc2c(C(=O)Oc3ccc([N+](=O)[O-])cc3)ccc(OC)c2o1. The highest BCUT2D eigenvalue weighted by atomic mass is 16.6. The molecule has 0 saturated carbocycles. The van der Waals surface area contributed by atoms with Gasteiger partial charge in [-0.1, -0.05) is 6.58 Å². The lowest BCUT2D eigenvalue weighted by molar-refractivity contribution is -0.384. The van der Waals surface area contributed by atoms with Crippen molar-refractivity contribution in [1.82, 2.24) is 5.48 Å². The first-order valence-corrected chi connectivity index (χ1v) is 8.00. The Kier molecular flexibility index (Phi) is 5.28. The molecular weight excluding hydrogens is 368 g/mol. The summed E-state index contributed by atoms with van der Waals surface area (Å²) < 4.78 is 16.3.